The van der Waals surface area contributed by atoms with Gasteiger partial charge in [0.05, 0.1) is 11.4 Å². The highest BCUT2D eigenvalue weighted by Gasteiger charge is 2.22. The van der Waals surface area contributed by atoms with E-state index in [1.165, 1.54) is 11.9 Å². The minimum absolute atomic E-state index is 0.00617. The lowest BCUT2D eigenvalue weighted by atomic mass is 9.92. The molecule has 3 amide bonds. The Bertz CT molecular complexity index is 1420. The lowest BCUT2D eigenvalue weighted by Crippen LogP contribution is -2.21. The molecular weight excluding hydrogens is 468 g/mol. The van der Waals surface area contributed by atoms with E-state index in [9.17, 15) is 9.59 Å². The molecule has 0 spiro atoms. The third kappa shape index (κ3) is 5.48. The summed E-state index contributed by atoms with van der Waals surface area (Å²) in [4.78, 5) is 28.3. The van der Waals surface area contributed by atoms with Crippen molar-refractivity contribution in [3.05, 3.63) is 77.9 Å². The fourth-order valence-electron chi connectivity index (χ4n) is 3.77. The van der Waals surface area contributed by atoms with E-state index >= 15 is 0 Å². The molecule has 0 aliphatic carbocycles. The highest BCUT2D eigenvalue weighted by atomic mass is 16.2. The first-order chi connectivity index (χ1) is 17.4. The number of urea groups is 1. The van der Waals surface area contributed by atoms with Crippen LogP contribution in [0.25, 0.3) is 11.4 Å². The normalized spacial score (nSPS) is 11.5. The van der Waals surface area contributed by atoms with Gasteiger partial charge in [0.1, 0.15) is 18.0 Å². The average Bonchev–Trinajstić information content (AvgIpc) is 3.43. The molecule has 0 fully saturated rings. The van der Waals surface area contributed by atoms with Crippen molar-refractivity contribution in [2.45, 2.75) is 46.0 Å². The van der Waals surface area contributed by atoms with Crippen LogP contribution in [-0.2, 0) is 5.41 Å². The van der Waals surface area contributed by atoms with Crippen LogP contribution in [0.5, 0.6) is 0 Å². The Morgan fingerprint density at radius 2 is 1.57 bits per heavy atom. The van der Waals surface area contributed by atoms with Gasteiger partial charge in [-0.3, -0.25) is 14.7 Å². The molecule has 192 valence electrons. The topological polar surface area (TPSA) is 146 Å². The number of imidazole rings is 1. The van der Waals surface area contributed by atoms with Crippen molar-refractivity contribution >= 4 is 29.3 Å². The molecular formula is C27H32N8O2. The molecule has 0 unspecified atom stereocenters. The van der Waals surface area contributed by atoms with Crippen LogP contribution in [0.4, 0.5) is 22.1 Å². The Morgan fingerprint density at radius 3 is 2.11 bits per heavy atom. The molecule has 0 aliphatic heterocycles. The second kappa shape index (κ2) is 9.81. The Labute approximate surface area is 215 Å². The van der Waals surface area contributed by atoms with Crippen LogP contribution in [0.1, 0.15) is 62.3 Å². The zero-order chi connectivity index (χ0) is 26.9. The van der Waals surface area contributed by atoms with E-state index in [-0.39, 0.29) is 16.9 Å². The van der Waals surface area contributed by atoms with Gasteiger partial charge in [-0.05, 0) is 47.9 Å². The van der Waals surface area contributed by atoms with Crippen molar-refractivity contribution < 1.29 is 9.59 Å². The summed E-state index contributed by atoms with van der Waals surface area (Å²) in [6.07, 6.45) is 1.42. The van der Waals surface area contributed by atoms with Crippen LogP contribution in [0.15, 0.2) is 60.9 Å². The molecule has 0 radical (unpaired) electrons. The molecule has 0 bridgehead atoms. The number of rotatable bonds is 6. The zero-order valence-electron chi connectivity index (χ0n) is 21.6. The predicted molar refractivity (Wildman–Crippen MR) is 145 cm³/mol. The largest absolute Gasteiger partial charge is 0.383 e. The number of aromatic nitrogens is 4. The van der Waals surface area contributed by atoms with Crippen LogP contribution >= 0.6 is 0 Å². The number of hydrogen-bond acceptors (Lipinski definition) is 5. The number of amides is 3. The number of nitrogen functional groups attached to an aromatic ring is 1. The van der Waals surface area contributed by atoms with Gasteiger partial charge in [-0.2, -0.15) is 5.10 Å². The van der Waals surface area contributed by atoms with E-state index < -0.39 is 11.9 Å². The third-order valence-corrected chi connectivity index (χ3v) is 5.96. The molecule has 2 heterocycles. The van der Waals surface area contributed by atoms with Crippen LogP contribution < -0.4 is 22.1 Å². The van der Waals surface area contributed by atoms with E-state index in [1.807, 2.05) is 18.2 Å². The predicted octanol–water partition coefficient (Wildman–Crippen LogP) is 4.80. The number of nitrogens with one attached hydrogen (secondary N) is 2. The average molecular weight is 501 g/mol. The summed E-state index contributed by atoms with van der Waals surface area (Å²) in [6.45, 7) is 10.5. The summed E-state index contributed by atoms with van der Waals surface area (Å²) in [5.74, 6) is 0.426. The molecule has 0 atom stereocenters. The number of hydrogen-bond donors (Lipinski definition) is 4. The SMILES string of the molecule is CC(C)c1ccc(-n2nc(C(C)(C)C)cc2NC(=O)Nc2ccc(-n3cnc(C(N)=O)c3N)cc2)cc1. The lowest BCUT2D eigenvalue weighted by molar-refractivity contribution is 0.0997. The third-order valence-electron chi connectivity index (χ3n) is 5.96. The minimum atomic E-state index is -0.698. The number of carbonyl (C=O) groups excluding carboxylic acids is 2. The Morgan fingerprint density at radius 1 is 0.946 bits per heavy atom. The maximum Gasteiger partial charge on any atom is 0.324 e. The van der Waals surface area contributed by atoms with E-state index in [0.29, 0.717) is 23.1 Å². The summed E-state index contributed by atoms with van der Waals surface area (Å²) in [5.41, 5.74) is 15.2. The highest BCUT2D eigenvalue weighted by molar-refractivity contribution is 5.99. The highest BCUT2D eigenvalue weighted by Crippen LogP contribution is 2.27. The van der Waals surface area contributed by atoms with Gasteiger partial charge in [0.2, 0.25) is 0 Å². The molecule has 4 aromatic rings. The van der Waals surface area contributed by atoms with Gasteiger partial charge >= 0.3 is 6.03 Å². The van der Waals surface area contributed by atoms with Crippen molar-refractivity contribution in [3.63, 3.8) is 0 Å². The van der Waals surface area contributed by atoms with E-state index in [2.05, 4.69) is 62.4 Å². The second-order valence-electron chi connectivity index (χ2n) is 10.2. The summed E-state index contributed by atoms with van der Waals surface area (Å²) in [5, 5.41) is 10.5. The molecule has 10 nitrogen and oxygen atoms in total. The molecule has 0 saturated carbocycles. The van der Waals surface area contributed by atoms with Crippen molar-refractivity contribution in [1.29, 1.82) is 0 Å². The van der Waals surface area contributed by atoms with Gasteiger partial charge in [-0.25, -0.2) is 14.5 Å². The molecule has 4 rings (SSSR count). The molecule has 0 saturated heterocycles. The Kier molecular flexibility index (Phi) is 6.76. The van der Waals surface area contributed by atoms with Crippen LogP contribution in [0.2, 0.25) is 0 Å². The van der Waals surface area contributed by atoms with E-state index in [4.69, 9.17) is 16.6 Å². The standard InChI is InChI=1S/C27H32N8O2/c1-16(2)17-6-10-20(11-7-17)35-22(14-21(33-35)27(3,4)5)32-26(37)31-18-8-12-19(13-9-18)34-15-30-23(24(34)28)25(29)36/h6-16H,28H2,1-5H3,(H2,29,36)(H2,31,32,37). The molecule has 2 aromatic carbocycles. The number of carbonyl (C=O) groups is 2. The smallest absolute Gasteiger partial charge is 0.324 e. The fraction of sp³-hybridized carbons (Fsp3) is 0.259. The summed E-state index contributed by atoms with van der Waals surface area (Å²) in [7, 11) is 0. The molecule has 0 aliphatic rings. The van der Waals surface area contributed by atoms with Gasteiger partial charge in [0.15, 0.2) is 5.69 Å². The van der Waals surface area contributed by atoms with E-state index in [0.717, 1.165) is 11.4 Å². The van der Waals surface area contributed by atoms with E-state index in [1.54, 1.807) is 33.5 Å². The van der Waals surface area contributed by atoms with Gasteiger partial charge < -0.3 is 16.8 Å². The van der Waals surface area contributed by atoms with Crippen LogP contribution in [0, 0.1) is 0 Å². The first kappa shape index (κ1) is 25.5. The van der Waals surface area contributed by atoms with Crippen LogP contribution in [0.3, 0.4) is 0 Å². The Hall–Kier alpha value is -4.60. The minimum Gasteiger partial charge on any atom is -0.383 e. The Balaban J connectivity index is 1.53. The molecule has 2 aromatic heterocycles. The lowest BCUT2D eigenvalue weighted by Gasteiger charge is -2.14. The van der Waals surface area contributed by atoms with Crippen molar-refractivity contribution in [3.8, 4) is 11.4 Å². The number of benzene rings is 2. The van der Waals surface area contributed by atoms with Gasteiger partial charge in [-0.15, -0.1) is 0 Å². The number of nitrogens with zero attached hydrogens (tertiary/aromatic N) is 4. The molecule has 6 N–H and O–H groups in total. The first-order valence-corrected chi connectivity index (χ1v) is 12.0. The maximum absolute atomic E-state index is 12.9. The molecule has 10 heteroatoms. The summed E-state index contributed by atoms with van der Waals surface area (Å²) in [6, 6.07) is 16.6. The zero-order valence-corrected chi connectivity index (χ0v) is 21.6. The van der Waals surface area contributed by atoms with Crippen molar-refractivity contribution in [2.24, 2.45) is 5.73 Å². The molecule has 37 heavy (non-hydrogen) atoms. The summed E-state index contributed by atoms with van der Waals surface area (Å²) < 4.78 is 3.28. The van der Waals surface area contributed by atoms with Gasteiger partial charge in [0.25, 0.3) is 5.91 Å². The number of anilines is 3. The van der Waals surface area contributed by atoms with Crippen molar-refractivity contribution in [1.82, 2.24) is 19.3 Å². The maximum atomic E-state index is 12.9. The van der Waals surface area contributed by atoms with Crippen molar-refractivity contribution in [2.75, 3.05) is 16.4 Å². The quantitative estimate of drug-likeness (QED) is 0.300. The van der Waals surface area contributed by atoms with Gasteiger partial charge in [0, 0.05) is 22.9 Å². The first-order valence-electron chi connectivity index (χ1n) is 12.0. The monoisotopic (exact) mass is 500 g/mol. The van der Waals surface area contributed by atoms with Crippen LogP contribution in [-0.4, -0.2) is 31.3 Å². The second-order valence-corrected chi connectivity index (χ2v) is 10.2. The number of primary amides is 1. The van der Waals surface area contributed by atoms with Gasteiger partial charge in [-0.1, -0.05) is 46.8 Å². The summed E-state index contributed by atoms with van der Waals surface area (Å²) >= 11 is 0. The number of nitrogens with two attached hydrogens (primary N) is 2. The fourth-order valence-corrected chi connectivity index (χ4v) is 3.77.